The van der Waals surface area contributed by atoms with Crippen LogP contribution in [0.5, 0.6) is 0 Å². The second-order valence-corrected chi connectivity index (χ2v) is 3.15. The van der Waals surface area contributed by atoms with Crippen molar-refractivity contribution in [2.45, 2.75) is 25.8 Å². The van der Waals surface area contributed by atoms with Crippen LogP contribution in [0.4, 0.5) is 0 Å². The number of nitrogens with two attached hydrogens (primary N) is 2. The molecule has 0 aromatic heterocycles. The summed E-state index contributed by atoms with van der Waals surface area (Å²) in [4.78, 5) is 22.5. The Balaban J connectivity index is 4.16. The summed E-state index contributed by atoms with van der Waals surface area (Å²) in [5.74, 6) is -0.518. The molecule has 1 atom stereocenters. The largest absolute Gasteiger partial charge is 0.355 e. The van der Waals surface area contributed by atoms with Gasteiger partial charge < -0.3 is 22.1 Å². The van der Waals surface area contributed by atoms with Gasteiger partial charge in [-0.2, -0.15) is 0 Å². The first kappa shape index (κ1) is 13.9. The van der Waals surface area contributed by atoms with Crippen molar-refractivity contribution in [1.29, 1.82) is 0 Å². The number of carbonyl (C=O) groups is 2. The van der Waals surface area contributed by atoms with E-state index >= 15 is 0 Å². The van der Waals surface area contributed by atoms with Crippen molar-refractivity contribution in [1.82, 2.24) is 10.6 Å². The van der Waals surface area contributed by atoms with E-state index in [9.17, 15) is 9.59 Å². The number of likely N-dealkylation sites (N-methyl/N-ethyl adjacent to an activating group) is 1. The molecule has 0 radical (unpaired) electrons. The van der Waals surface area contributed by atoms with Gasteiger partial charge in [0.05, 0.1) is 6.54 Å². The smallest absolute Gasteiger partial charge is 0.242 e. The molecule has 0 aromatic carbocycles. The first-order valence-corrected chi connectivity index (χ1v) is 5.12. The molecule has 15 heavy (non-hydrogen) atoms. The van der Waals surface area contributed by atoms with Gasteiger partial charge in [-0.1, -0.05) is 0 Å². The summed E-state index contributed by atoms with van der Waals surface area (Å²) in [6.45, 7) is 2.74. The molecule has 6 N–H and O–H groups in total. The fourth-order valence-electron chi connectivity index (χ4n) is 1.14. The molecule has 88 valence electrons. The highest BCUT2D eigenvalue weighted by molar-refractivity contribution is 5.88. The Morgan fingerprint density at radius 2 is 2.00 bits per heavy atom. The lowest BCUT2D eigenvalue weighted by molar-refractivity contribution is -0.128. The van der Waals surface area contributed by atoms with Crippen LogP contribution in [-0.2, 0) is 9.59 Å². The molecular weight excluding hydrogens is 196 g/mol. The van der Waals surface area contributed by atoms with E-state index in [0.717, 1.165) is 0 Å². The topological polar surface area (TPSA) is 110 Å². The van der Waals surface area contributed by atoms with Crippen LogP contribution in [0.25, 0.3) is 0 Å². The lowest BCUT2D eigenvalue weighted by Crippen LogP contribution is -2.48. The normalized spacial score (nSPS) is 11.9. The average Bonchev–Trinajstić information content (AvgIpc) is 2.24. The van der Waals surface area contributed by atoms with E-state index in [4.69, 9.17) is 11.5 Å². The quantitative estimate of drug-likeness (QED) is 0.407. The fraction of sp³-hybridized carbons (Fsp3) is 0.778. The minimum Gasteiger partial charge on any atom is -0.355 e. The molecule has 0 aliphatic carbocycles. The molecule has 0 aromatic rings. The van der Waals surface area contributed by atoms with E-state index in [1.165, 1.54) is 0 Å². The van der Waals surface area contributed by atoms with Gasteiger partial charge in [0.2, 0.25) is 11.8 Å². The van der Waals surface area contributed by atoms with Gasteiger partial charge in [-0.25, -0.2) is 0 Å². The standard InChI is InChI=1S/C9H20N4O2/c1-2-12-9(15)7(4-3-5-10)13-8(14)6-11/h7H,2-6,10-11H2,1H3,(H,12,15)(H,13,14). The predicted molar refractivity (Wildman–Crippen MR) is 58.0 cm³/mol. The zero-order chi connectivity index (χ0) is 11.7. The first-order chi connectivity index (χ1) is 7.15. The third kappa shape index (κ3) is 6.03. The number of hydrogen-bond acceptors (Lipinski definition) is 4. The van der Waals surface area contributed by atoms with Crippen molar-refractivity contribution in [2.75, 3.05) is 19.6 Å². The maximum Gasteiger partial charge on any atom is 0.242 e. The van der Waals surface area contributed by atoms with Crippen LogP contribution in [-0.4, -0.2) is 37.5 Å². The van der Waals surface area contributed by atoms with Gasteiger partial charge in [0, 0.05) is 6.54 Å². The average molecular weight is 216 g/mol. The minimum absolute atomic E-state index is 0.113. The highest BCUT2D eigenvalue weighted by Gasteiger charge is 2.18. The van der Waals surface area contributed by atoms with Crippen LogP contribution in [0, 0.1) is 0 Å². The van der Waals surface area contributed by atoms with Gasteiger partial charge in [0.1, 0.15) is 6.04 Å². The Labute approximate surface area is 89.8 Å². The molecule has 2 amide bonds. The van der Waals surface area contributed by atoms with Crippen molar-refractivity contribution in [3.8, 4) is 0 Å². The molecule has 0 spiro atoms. The maximum atomic E-state index is 11.5. The SMILES string of the molecule is CCNC(=O)C(CCCN)NC(=O)CN. The van der Waals surface area contributed by atoms with Crippen LogP contribution in [0.1, 0.15) is 19.8 Å². The summed E-state index contributed by atoms with van der Waals surface area (Å²) in [6.07, 6.45) is 1.22. The summed E-state index contributed by atoms with van der Waals surface area (Å²) in [7, 11) is 0. The second kappa shape index (κ2) is 8.19. The van der Waals surface area contributed by atoms with Crippen molar-refractivity contribution >= 4 is 11.8 Å². The zero-order valence-electron chi connectivity index (χ0n) is 9.08. The molecule has 0 aliphatic heterocycles. The summed E-state index contributed by atoms with van der Waals surface area (Å²) in [6, 6.07) is -0.524. The number of nitrogens with one attached hydrogen (secondary N) is 2. The summed E-state index contributed by atoms with van der Waals surface area (Å²) in [5, 5.41) is 5.20. The zero-order valence-corrected chi connectivity index (χ0v) is 9.08. The van der Waals surface area contributed by atoms with Gasteiger partial charge in [-0.15, -0.1) is 0 Å². The van der Waals surface area contributed by atoms with Crippen molar-refractivity contribution in [2.24, 2.45) is 11.5 Å². The summed E-state index contributed by atoms with van der Waals surface area (Å²) in [5.41, 5.74) is 10.5. The fourth-order valence-corrected chi connectivity index (χ4v) is 1.14. The van der Waals surface area contributed by atoms with Crippen LogP contribution in [0.15, 0.2) is 0 Å². The third-order valence-electron chi connectivity index (χ3n) is 1.89. The molecule has 0 saturated heterocycles. The maximum absolute atomic E-state index is 11.5. The Kier molecular flexibility index (Phi) is 7.57. The Morgan fingerprint density at radius 1 is 1.33 bits per heavy atom. The van der Waals surface area contributed by atoms with E-state index in [-0.39, 0.29) is 18.4 Å². The van der Waals surface area contributed by atoms with Gasteiger partial charge in [0.15, 0.2) is 0 Å². The number of hydrogen-bond donors (Lipinski definition) is 4. The van der Waals surface area contributed by atoms with Crippen LogP contribution >= 0.6 is 0 Å². The van der Waals surface area contributed by atoms with Crippen LogP contribution in [0.3, 0.4) is 0 Å². The molecule has 0 saturated carbocycles. The Morgan fingerprint density at radius 3 is 2.47 bits per heavy atom. The van der Waals surface area contributed by atoms with Gasteiger partial charge in [-0.05, 0) is 26.3 Å². The molecule has 0 bridgehead atoms. The van der Waals surface area contributed by atoms with Gasteiger partial charge in [-0.3, -0.25) is 9.59 Å². The Bertz CT molecular complexity index is 208. The van der Waals surface area contributed by atoms with Gasteiger partial charge >= 0.3 is 0 Å². The molecule has 6 heteroatoms. The van der Waals surface area contributed by atoms with E-state index in [1.54, 1.807) is 0 Å². The van der Waals surface area contributed by atoms with Crippen molar-refractivity contribution in [3.63, 3.8) is 0 Å². The van der Waals surface area contributed by atoms with Gasteiger partial charge in [0.25, 0.3) is 0 Å². The molecule has 1 unspecified atom stereocenters. The third-order valence-corrected chi connectivity index (χ3v) is 1.89. The van der Waals surface area contributed by atoms with Crippen molar-refractivity contribution < 1.29 is 9.59 Å². The molecule has 0 heterocycles. The molecule has 6 nitrogen and oxygen atoms in total. The van der Waals surface area contributed by atoms with Crippen LogP contribution < -0.4 is 22.1 Å². The number of carbonyl (C=O) groups excluding carboxylic acids is 2. The monoisotopic (exact) mass is 216 g/mol. The lowest BCUT2D eigenvalue weighted by atomic mass is 10.1. The summed E-state index contributed by atoms with van der Waals surface area (Å²) < 4.78 is 0. The second-order valence-electron chi connectivity index (χ2n) is 3.15. The predicted octanol–water partition coefficient (Wildman–Crippen LogP) is -1.70. The van der Waals surface area contributed by atoms with E-state index in [0.29, 0.717) is 25.9 Å². The Hall–Kier alpha value is -1.14. The lowest BCUT2D eigenvalue weighted by Gasteiger charge is -2.17. The number of rotatable bonds is 7. The van der Waals surface area contributed by atoms with Crippen molar-refractivity contribution in [3.05, 3.63) is 0 Å². The molecule has 0 aliphatic rings. The van der Waals surface area contributed by atoms with Crippen LogP contribution in [0.2, 0.25) is 0 Å². The van der Waals surface area contributed by atoms with E-state index in [1.807, 2.05) is 6.92 Å². The number of amides is 2. The minimum atomic E-state index is -0.524. The molecule has 0 rings (SSSR count). The highest BCUT2D eigenvalue weighted by Crippen LogP contribution is 1.96. The molecular formula is C9H20N4O2. The van der Waals surface area contributed by atoms with E-state index in [2.05, 4.69) is 10.6 Å². The highest BCUT2D eigenvalue weighted by atomic mass is 16.2. The summed E-state index contributed by atoms with van der Waals surface area (Å²) >= 11 is 0. The molecule has 0 fully saturated rings. The first-order valence-electron chi connectivity index (χ1n) is 5.12. The van der Waals surface area contributed by atoms with E-state index < -0.39 is 6.04 Å².